The topological polar surface area (TPSA) is 42.0 Å². The summed E-state index contributed by atoms with van der Waals surface area (Å²) in [5, 5.41) is 0. The molecule has 0 N–H and O–H groups in total. The molecule has 1 aliphatic heterocycles. The highest BCUT2D eigenvalue weighted by atomic mass is 16.5. The first-order valence-corrected chi connectivity index (χ1v) is 8.87. The lowest BCUT2D eigenvalue weighted by atomic mass is 9.90. The van der Waals surface area contributed by atoms with Crippen molar-refractivity contribution in [3.8, 4) is 11.5 Å². The minimum absolute atomic E-state index is 0.185. The number of urea groups is 1. The van der Waals surface area contributed by atoms with E-state index in [0.717, 1.165) is 56.9 Å². The third-order valence-corrected chi connectivity index (χ3v) is 4.89. The van der Waals surface area contributed by atoms with Crippen LogP contribution in [0.3, 0.4) is 0 Å². The number of methoxy groups -OCH3 is 2. The van der Waals surface area contributed by atoms with Crippen LogP contribution in [0.5, 0.6) is 11.5 Å². The first-order chi connectivity index (χ1) is 11.6. The summed E-state index contributed by atoms with van der Waals surface area (Å²) in [6, 6.07) is 6.32. The van der Waals surface area contributed by atoms with Gasteiger partial charge in [-0.05, 0) is 56.7 Å². The van der Waals surface area contributed by atoms with Gasteiger partial charge in [-0.1, -0.05) is 6.07 Å². The Morgan fingerprint density at radius 2 is 1.75 bits per heavy atom. The molecule has 0 aliphatic carbocycles. The van der Waals surface area contributed by atoms with E-state index in [-0.39, 0.29) is 6.03 Å². The molecular weight excluding hydrogens is 304 g/mol. The molecule has 0 radical (unpaired) electrons. The van der Waals surface area contributed by atoms with Crippen LogP contribution in [0, 0.1) is 5.92 Å². The van der Waals surface area contributed by atoms with Crippen molar-refractivity contribution in [2.75, 3.05) is 40.4 Å². The number of carbonyl (C=O) groups excluding carboxylic acids is 1. The summed E-state index contributed by atoms with van der Waals surface area (Å²) in [4.78, 5) is 16.3. The van der Waals surface area contributed by atoms with E-state index < -0.39 is 0 Å². The van der Waals surface area contributed by atoms with Crippen LogP contribution in [-0.2, 0) is 6.42 Å². The average molecular weight is 334 g/mol. The molecule has 0 aromatic heterocycles. The molecule has 0 spiro atoms. The van der Waals surface area contributed by atoms with Gasteiger partial charge < -0.3 is 19.3 Å². The molecule has 134 valence electrons. The number of benzene rings is 1. The van der Waals surface area contributed by atoms with Crippen molar-refractivity contribution in [3.05, 3.63) is 23.8 Å². The van der Waals surface area contributed by atoms with Gasteiger partial charge in [0.05, 0.1) is 14.2 Å². The summed E-state index contributed by atoms with van der Waals surface area (Å²) in [6.45, 7) is 7.33. The van der Waals surface area contributed by atoms with Crippen LogP contribution < -0.4 is 9.47 Å². The van der Waals surface area contributed by atoms with E-state index in [4.69, 9.17) is 9.47 Å². The molecule has 2 rings (SSSR count). The number of ether oxygens (including phenoxy) is 2. The van der Waals surface area contributed by atoms with Gasteiger partial charge in [0.1, 0.15) is 0 Å². The summed E-state index contributed by atoms with van der Waals surface area (Å²) in [7, 11) is 3.32. The molecule has 1 saturated heterocycles. The highest BCUT2D eigenvalue weighted by molar-refractivity contribution is 5.74. The summed E-state index contributed by atoms with van der Waals surface area (Å²) < 4.78 is 10.7. The number of nitrogens with zero attached hydrogens (tertiary/aromatic N) is 2. The van der Waals surface area contributed by atoms with Crippen LogP contribution in [0.1, 0.15) is 32.3 Å². The summed E-state index contributed by atoms with van der Waals surface area (Å²) in [6.07, 6.45) is 3.14. The monoisotopic (exact) mass is 334 g/mol. The van der Waals surface area contributed by atoms with Crippen molar-refractivity contribution in [3.63, 3.8) is 0 Å². The molecule has 0 atom stereocenters. The third kappa shape index (κ3) is 4.34. The summed E-state index contributed by atoms with van der Waals surface area (Å²) in [5.41, 5.74) is 1.26. The van der Waals surface area contributed by atoms with Crippen LogP contribution in [0.4, 0.5) is 4.79 Å². The molecule has 5 nitrogen and oxygen atoms in total. The Kier molecular flexibility index (Phi) is 6.76. The van der Waals surface area contributed by atoms with E-state index in [1.807, 2.05) is 29.7 Å². The fourth-order valence-corrected chi connectivity index (χ4v) is 3.36. The minimum Gasteiger partial charge on any atom is -0.493 e. The average Bonchev–Trinajstić information content (AvgIpc) is 2.63. The highest BCUT2D eigenvalue weighted by Crippen LogP contribution is 2.30. The van der Waals surface area contributed by atoms with Crippen LogP contribution in [0.15, 0.2) is 18.2 Å². The molecule has 1 fully saturated rings. The van der Waals surface area contributed by atoms with Gasteiger partial charge in [-0.3, -0.25) is 0 Å². The summed E-state index contributed by atoms with van der Waals surface area (Å²) >= 11 is 0. The zero-order chi connectivity index (χ0) is 17.5. The van der Waals surface area contributed by atoms with Gasteiger partial charge in [-0.2, -0.15) is 0 Å². The van der Waals surface area contributed by atoms with Gasteiger partial charge >= 0.3 is 6.03 Å². The van der Waals surface area contributed by atoms with Gasteiger partial charge in [-0.15, -0.1) is 0 Å². The van der Waals surface area contributed by atoms with Gasteiger partial charge in [0.15, 0.2) is 11.5 Å². The first-order valence-electron chi connectivity index (χ1n) is 8.87. The summed E-state index contributed by atoms with van der Waals surface area (Å²) in [5.74, 6) is 2.16. The van der Waals surface area contributed by atoms with E-state index in [9.17, 15) is 4.79 Å². The molecule has 0 saturated carbocycles. The van der Waals surface area contributed by atoms with Crippen LogP contribution >= 0.6 is 0 Å². The Labute approximate surface area is 145 Å². The van der Waals surface area contributed by atoms with E-state index in [2.05, 4.69) is 12.1 Å². The number of likely N-dealkylation sites (tertiary alicyclic amines) is 1. The van der Waals surface area contributed by atoms with Crippen molar-refractivity contribution < 1.29 is 14.3 Å². The number of piperidine rings is 1. The zero-order valence-electron chi connectivity index (χ0n) is 15.4. The molecule has 2 amide bonds. The molecule has 1 aromatic carbocycles. The molecule has 1 heterocycles. The lowest BCUT2D eigenvalue weighted by Crippen LogP contribution is -2.46. The zero-order valence-corrected chi connectivity index (χ0v) is 15.4. The van der Waals surface area contributed by atoms with E-state index in [1.54, 1.807) is 14.2 Å². The normalized spacial score (nSPS) is 15.2. The smallest absolute Gasteiger partial charge is 0.319 e. The third-order valence-electron chi connectivity index (χ3n) is 4.89. The fourth-order valence-electron chi connectivity index (χ4n) is 3.36. The Morgan fingerprint density at radius 1 is 1.12 bits per heavy atom. The van der Waals surface area contributed by atoms with Crippen LogP contribution in [-0.4, -0.2) is 56.2 Å². The van der Waals surface area contributed by atoms with E-state index >= 15 is 0 Å². The maximum atomic E-state index is 12.4. The van der Waals surface area contributed by atoms with Crippen molar-refractivity contribution >= 4 is 6.03 Å². The van der Waals surface area contributed by atoms with Crippen LogP contribution in [0.2, 0.25) is 0 Å². The number of amides is 2. The van der Waals surface area contributed by atoms with Crippen molar-refractivity contribution in [1.29, 1.82) is 0 Å². The molecule has 1 aromatic rings. The maximum Gasteiger partial charge on any atom is 0.319 e. The largest absolute Gasteiger partial charge is 0.493 e. The molecular formula is C19H30N2O3. The molecule has 24 heavy (non-hydrogen) atoms. The number of hydrogen-bond donors (Lipinski definition) is 0. The van der Waals surface area contributed by atoms with Gasteiger partial charge in [0, 0.05) is 26.2 Å². The Balaban J connectivity index is 1.90. The molecule has 0 unspecified atom stereocenters. The lowest BCUT2D eigenvalue weighted by molar-refractivity contribution is 0.136. The predicted molar refractivity (Wildman–Crippen MR) is 95.9 cm³/mol. The first kappa shape index (κ1) is 18.4. The van der Waals surface area contributed by atoms with Crippen LogP contribution in [0.25, 0.3) is 0 Å². The Hall–Kier alpha value is -1.91. The standard InChI is InChI=1S/C19H30N2O3/c1-5-20(6-2)19(22)21-11-9-15(10-12-21)13-16-7-8-17(23-3)18(14-16)24-4/h7-8,14-15H,5-6,9-13H2,1-4H3. The molecule has 1 aliphatic rings. The van der Waals surface area contributed by atoms with E-state index in [0.29, 0.717) is 5.92 Å². The number of carbonyl (C=O) groups is 1. The van der Waals surface area contributed by atoms with Gasteiger partial charge in [-0.25, -0.2) is 4.79 Å². The fraction of sp³-hybridized carbons (Fsp3) is 0.632. The van der Waals surface area contributed by atoms with E-state index in [1.165, 1.54) is 5.56 Å². The number of rotatable bonds is 6. The van der Waals surface area contributed by atoms with Crippen molar-refractivity contribution in [2.24, 2.45) is 5.92 Å². The second kappa shape index (κ2) is 8.81. The highest BCUT2D eigenvalue weighted by Gasteiger charge is 2.25. The predicted octanol–water partition coefficient (Wildman–Crippen LogP) is 3.42. The minimum atomic E-state index is 0.185. The van der Waals surface area contributed by atoms with Crippen molar-refractivity contribution in [2.45, 2.75) is 33.1 Å². The SMILES string of the molecule is CCN(CC)C(=O)N1CCC(Cc2ccc(OC)c(OC)c2)CC1. The lowest BCUT2D eigenvalue weighted by Gasteiger charge is -2.35. The second-order valence-electron chi connectivity index (χ2n) is 6.28. The second-order valence-corrected chi connectivity index (χ2v) is 6.28. The Bertz CT molecular complexity index is 535. The van der Waals surface area contributed by atoms with Gasteiger partial charge in [0.25, 0.3) is 0 Å². The quantitative estimate of drug-likeness (QED) is 0.800. The molecule has 5 heteroatoms. The van der Waals surface area contributed by atoms with Crippen molar-refractivity contribution in [1.82, 2.24) is 9.80 Å². The maximum absolute atomic E-state index is 12.4. The molecule has 0 bridgehead atoms. The van der Waals surface area contributed by atoms with Gasteiger partial charge in [0.2, 0.25) is 0 Å². The Morgan fingerprint density at radius 3 is 2.29 bits per heavy atom. The number of hydrogen-bond acceptors (Lipinski definition) is 3.